The molecule has 2 aromatic heterocycles. The second kappa shape index (κ2) is 6.99. The van der Waals surface area contributed by atoms with Crippen molar-refractivity contribution in [3.63, 3.8) is 0 Å². The van der Waals surface area contributed by atoms with E-state index >= 15 is 0 Å². The largest absolute Gasteiger partial charge is 0.370 e. The van der Waals surface area contributed by atoms with Gasteiger partial charge < -0.3 is 10.1 Å². The van der Waals surface area contributed by atoms with Crippen LogP contribution in [0.5, 0.6) is 0 Å². The Morgan fingerprint density at radius 3 is 2.75 bits per heavy atom. The molecule has 0 aromatic carbocycles. The molecule has 0 amide bonds. The lowest BCUT2D eigenvalue weighted by molar-refractivity contribution is 0.0236. The maximum Gasteiger partial charge on any atom is 0.161 e. The van der Waals surface area contributed by atoms with E-state index in [-0.39, 0.29) is 6.10 Å². The maximum atomic E-state index is 5.83. The molecule has 1 atom stereocenters. The van der Waals surface area contributed by atoms with Crippen molar-refractivity contribution in [3.05, 3.63) is 17.3 Å². The van der Waals surface area contributed by atoms with Crippen molar-refractivity contribution in [1.82, 2.24) is 9.97 Å². The van der Waals surface area contributed by atoms with Gasteiger partial charge in [-0.3, -0.25) is 0 Å². The van der Waals surface area contributed by atoms with Crippen LogP contribution in [-0.4, -0.2) is 23.1 Å². The fourth-order valence-electron chi connectivity index (χ4n) is 2.12. The molecular formula is C15H23N3OS. The number of anilines is 1. The topological polar surface area (TPSA) is 47.0 Å². The second-order valence-electron chi connectivity index (χ2n) is 5.12. The zero-order valence-corrected chi connectivity index (χ0v) is 13.5. The van der Waals surface area contributed by atoms with Crippen molar-refractivity contribution in [3.8, 4) is 0 Å². The number of ether oxygens (including phenoxy) is 1. The standard InChI is InChI=1S/C15H23N3OS/c1-5-8-16-13-11-7-9-20-15(11)18-14(17-13)12(10(3)4)19-6-2/h7,9-10,12H,5-6,8H2,1-4H3,(H,16,17,18). The van der Waals surface area contributed by atoms with Crippen LogP contribution in [-0.2, 0) is 4.74 Å². The van der Waals surface area contributed by atoms with E-state index in [0.717, 1.165) is 34.8 Å². The third-order valence-electron chi connectivity index (χ3n) is 3.09. The predicted molar refractivity (Wildman–Crippen MR) is 85.4 cm³/mol. The number of nitrogens with zero attached hydrogens (tertiary/aromatic N) is 2. The molecule has 4 nitrogen and oxygen atoms in total. The summed E-state index contributed by atoms with van der Waals surface area (Å²) in [5, 5.41) is 6.56. The monoisotopic (exact) mass is 293 g/mol. The molecule has 5 heteroatoms. The molecule has 2 rings (SSSR count). The molecule has 0 radical (unpaired) electrons. The Morgan fingerprint density at radius 1 is 1.30 bits per heavy atom. The number of aromatic nitrogens is 2. The first-order chi connectivity index (χ1) is 9.67. The normalized spacial score (nSPS) is 13.1. The lowest BCUT2D eigenvalue weighted by Gasteiger charge is -2.20. The fraction of sp³-hybridized carbons (Fsp3) is 0.600. The lowest BCUT2D eigenvalue weighted by Crippen LogP contribution is -2.16. The first-order valence-corrected chi connectivity index (χ1v) is 8.15. The van der Waals surface area contributed by atoms with Gasteiger partial charge in [0, 0.05) is 13.2 Å². The number of hydrogen-bond donors (Lipinski definition) is 1. The van der Waals surface area contributed by atoms with Gasteiger partial charge in [0.15, 0.2) is 5.82 Å². The van der Waals surface area contributed by atoms with E-state index in [1.54, 1.807) is 11.3 Å². The van der Waals surface area contributed by atoms with Crippen LogP contribution in [0.25, 0.3) is 10.2 Å². The van der Waals surface area contributed by atoms with E-state index in [2.05, 4.69) is 42.5 Å². The molecular weight excluding hydrogens is 270 g/mol. The molecule has 0 aliphatic rings. The summed E-state index contributed by atoms with van der Waals surface area (Å²) in [4.78, 5) is 10.4. The summed E-state index contributed by atoms with van der Waals surface area (Å²) < 4.78 is 5.83. The van der Waals surface area contributed by atoms with Gasteiger partial charge in [-0.15, -0.1) is 11.3 Å². The van der Waals surface area contributed by atoms with E-state index in [4.69, 9.17) is 9.72 Å². The quantitative estimate of drug-likeness (QED) is 0.829. The maximum absolute atomic E-state index is 5.83. The van der Waals surface area contributed by atoms with Crippen LogP contribution in [0.2, 0.25) is 0 Å². The van der Waals surface area contributed by atoms with Crippen LogP contribution in [0.1, 0.15) is 46.0 Å². The molecule has 20 heavy (non-hydrogen) atoms. The molecule has 1 unspecified atom stereocenters. The highest BCUT2D eigenvalue weighted by Gasteiger charge is 2.21. The molecule has 0 aliphatic heterocycles. The minimum absolute atomic E-state index is 0.0475. The Balaban J connectivity index is 2.42. The highest BCUT2D eigenvalue weighted by Crippen LogP contribution is 2.30. The van der Waals surface area contributed by atoms with E-state index in [0.29, 0.717) is 12.5 Å². The van der Waals surface area contributed by atoms with Gasteiger partial charge in [0.2, 0.25) is 0 Å². The summed E-state index contributed by atoms with van der Waals surface area (Å²) in [6, 6.07) is 2.08. The third kappa shape index (κ3) is 3.27. The van der Waals surface area contributed by atoms with Crippen molar-refractivity contribution < 1.29 is 4.74 Å². The Hall–Kier alpha value is -1.20. The minimum Gasteiger partial charge on any atom is -0.370 e. The van der Waals surface area contributed by atoms with Gasteiger partial charge >= 0.3 is 0 Å². The number of rotatable bonds is 7. The summed E-state index contributed by atoms with van der Waals surface area (Å²) in [7, 11) is 0. The SMILES string of the molecule is CCCNc1nc(C(OCC)C(C)C)nc2sccc12. The van der Waals surface area contributed by atoms with Crippen molar-refractivity contribution in [2.75, 3.05) is 18.5 Å². The van der Waals surface area contributed by atoms with Crippen molar-refractivity contribution in [1.29, 1.82) is 0 Å². The Kier molecular flexibility index (Phi) is 5.31. The molecule has 0 aliphatic carbocycles. The molecule has 0 fully saturated rings. The first kappa shape index (κ1) is 15.2. The van der Waals surface area contributed by atoms with Crippen LogP contribution >= 0.6 is 11.3 Å². The highest BCUT2D eigenvalue weighted by molar-refractivity contribution is 7.16. The predicted octanol–water partition coefficient (Wildman–Crippen LogP) is 4.25. The van der Waals surface area contributed by atoms with Crippen LogP contribution in [0, 0.1) is 5.92 Å². The third-order valence-corrected chi connectivity index (χ3v) is 3.90. The smallest absolute Gasteiger partial charge is 0.161 e. The summed E-state index contributed by atoms with van der Waals surface area (Å²) in [6.07, 6.45) is 1.03. The van der Waals surface area contributed by atoms with Gasteiger partial charge in [-0.25, -0.2) is 9.97 Å². The Labute approximate surface area is 124 Å². The highest BCUT2D eigenvalue weighted by atomic mass is 32.1. The number of fused-ring (bicyclic) bond motifs is 1. The van der Waals surface area contributed by atoms with Gasteiger partial charge in [-0.1, -0.05) is 20.8 Å². The van der Waals surface area contributed by atoms with Crippen LogP contribution in [0.15, 0.2) is 11.4 Å². The van der Waals surface area contributed by atoms with Crippen LogP contribution in [0.4, 0.5) is 5.82 Å². The zero-order chi connectivity index (χ0) is 14.5. The van der Waals surface area contributed by atoms with E-state index < -0.39 is 0 Å². The summed E-state index contributed by atoms with van der Waals surface area (Å²) in [6.45, 7) is 10.0. The van der Waals surface area contributed by atoms with Crippen molar-refractivity contribution in [2.24, 2.45) is 5.92 Å². The summed E-state index contributed by atoms with van der Waals surface area (Å²) in [5.41, 5.74) is 0. The zero-order valence-electron chi connectivity index (χ0n) is 12.6. The first-order valence-electron chi connectivity index (χ1n) is 7.28. The average Bonchev–Trinajstić information content (AvgIpc) is 2.89. The van der Waals surface area contributed by atoms with E-state index in [9.17, 15) is 0 Å². The number of hydrogen-bond acceptors (Lipinski definition) is 5. The van der Waals surface area contributed by atoms with Gasteiger partial charge in [0.05, 0.1) is 5.39 Å². The number of nitrogens with one attached hydrogen (secondary N) is 1. The van der Waals surface area contributed by atoms with Crippen LogP contribution in [0.3, 0.4) is 0 Å². The van der Waals surface area contributed by atoms with Crippen LogP contribution < -0.4 is 5.32 Å². The van der Waals surface area contributed by atoms with E-state index in [1.165, 1.54) is 0 Å². The minimum atomic E-state index is -0.0475. The Bertz CT molecular complexity index is 553. The molecule has 2 heterocycles. The van der Waals surface area contributed by atoms with E-state index in [1.807, 2.05) is 6.92 Å². The van der Waals surface area contributed by atoms with Crippen molar-refractivity contribution in [2.45, 2.75) is 40.2 Å². The number of thiophene rings is 1. The molecule has 0 saturated heterocycles. The van der Waals surface area contributed by atoms with Gasteiger partial charge in [-0.2, -0.15) is 0 Å². The van der Waals surface area contributed by atoms with Gasteiger partial charge in [0.1, 0.15) is 16.8 Å². The van der Waals surface area contributed by atoms with Crippen molar-refractivity contribution >= 4 is 27.4 Å². The molecule has 0 saturated carbocycles. The lowest BCUT2D eigenvalue weighted by atomic mass is 10.1. The molecule has 0 spiro atoms. The summed E-state index contributed by atoms with van der Waals surface area (Å²) in [5.74, 6) is 2.07. The average molecular weight is 293 g/mol. The fourth-order valence-corrected chi connectivity index (χ4v) is 2.89. The second-order valence-corrected chi connectivity index (χ2v) is 6.01. The Morgan fingerprint density at radius 2 is 2.10 bits per heavy atom. The molecule has 0 bridgehead atoms. The molecule has 2 aromatic rings. The molecule has 110 valence electrons. The van der Waals surface area contributed by atoms with Gasteiger partial charge in [0.25, 0.3) is 0 Å². The van der Waals surface area contributed by atoms with Gasteiger partial charge in [-0.05, 0) is 30.7 Å². The summed E-state index contributed by atoms with van der Waals surface area (Å²) >= 11 is 1.65. The molecule has 1 N–H and O–H groups in total.